The first-order chi connectivity index (χ1) is 18.8. The molecule has 2 N–H and O–H groups in total. The molecule has 7 nitrogen and oxygen atoms in total. The number of carbonyl (C=O) groups excluding carboxylic acids is 1. The largest absolute Gasteiger partial charge is 0.496 e. The van der Waals surface area contributed by atoms with Crippen molar-refractivity contribution < 1.29 is 28.6 Å². The number of amides is 1. The number of rotatable bonds is 12. The zero-order valence-corrected chi connectivity index (χ0v) is 27.9. The second-order valence-corrected chi connectivity index (χ2v) is 18.3. The topological polar surface area (TPSA) is 94.1 Å². The van der Waals surface area contributed by atoms with Crippen LogP contribution in [-0.4, -0.2) is 50.3 Å². The van der Waals surface area contributed by atoms with Gasteiger partial charge >= 0.3 is 12.1 Å². The van der Waals surface area contributed by atoms with E-state index in [1.54, 1.807) is 7.11 Å². The van der Waals surface area contributed by atoms with E-state index in [9.17, 15) is 14.7 Å². The van der Waals surface area contributed by atoms with Crippen LogP contribution >= 0.6 is 0 Å². The van der Waals surface area contributed by atoms with Crippen molar-refractivity contribution in [3.8, 4) is 5.75 Å². The van der Waals surface area contributed by atoms with Gasteiger partial charge in [-0.15, -0.1) is 0 Å². The minimum atomic E-state index is -2.37. The van der Waals surface area contributed by atoms with Crippen LogP contribution in [0.4, 0.5) is 4.79 Å². The van der Waals surface area contributed by atoms with E-state index in [1.165, 1.54) is 0 Å². The molecule has 41 heavy (non-hydrogen) atoms. The standard InChI is InChI=1S/C33H51NO6Si/c1-22-23(2)28(38-9)18-17-25(22)20-26(30(35)36)21-29(40-41(10,11)33(6,7)8)27(19-24-15-13-12-14-16-24)34-31(37)39-32(3,4)5/h12-18,26-27,29H,19-21H2,1-11H3,(H,34,37)(H,35,36)/t26-,27+,29+/m1/s1. The Morgan fingerprint density at radius 1 is 0.927 bits per heavy atom. The summed E-state index contributed by atoms with van der Waals surface area (Å²) in [4.78, 5) is 25.8. The highest BCUT2D eigenvalue weighted by Gasteiger charge is 2.42. The zero-order valence-electron chi connectivity index (χ0n) is 26.9. The molecular weight excluding hydrogens is 534 g/mol. The first kappa shape index (κ1) is 34.4. The van der Waals surface area contributed by atoms with E-state index in [4.69, 9.17) is 13.9 Å². The number of nitrogens with one attached hydrogen (secondary N) is 1. The molecule has 1 amide bonds. The summed E-state index contributed by atoms with van der Waals surface area (Å²) in [5, 5.41) is 13.4. The Bertz CT molecular complexity index is 1170. The van der Waals surface area contributed by atoms with Crippen LogP contribution in [0, 0.1) is 19.8 Å². The third kappa shape index (κ3) is 10.2. The lowest BCUT2D eigenvalue weighted by molar-refractivity contribution is -0.142. The van der Waals surface area contributed by atoms with E-state index >= 15 is 0 Å². The SMILES string of the molecule is COc1ccc(C[C@H](C[C@H](O[Si](C)(C)C(C)(C)C)[C@H](Cc2ccccc2)NC(=O)OC(C)(C)C)C(=O)O)c(C)c1C. The van der Waals surface area contributed by atoms with Gasteiger partial charge in [0.1, 0.15) is 11.4 Å². The molecule has 0 heterocycles. The normalized spacial score (nSPS) is 14.6. The molecule has 0 saturated heterocycles. The van der Waals surface area contributed by atoms with Gasteiger partial charge in [-0.3, -0.25) is 4.79 Å². The monoisotopic (exact) mass is 585 g/mol. The third-order valence-electron chi connectivity index (χ3n) is 8.10. The van der Waals surface area contributed by atoms with Gasteiger partial charge < -0.3 is 24.3 Å². The fourth-order valence-electron chi connectivity index (χ4n) is 4.56. The average molecular weight is 586 g/mol. The molecule has 0 spiro atoms. The Balaban J connectivity index is 2.54. The van der Waals surface area contributed by atoms with Gasteiger partial charge in [0.05, 0.1) is 25.2 Å². The summed E-state index contributed by atoms with van der Waals surface area (Å²) in [5.74, 6) is -0.839. The predicted molar refractivity (Wildman–Crippen MR) is 167 cm³/mol. The average Bonchev–Trinajstić information content (AvgIpc) is 2.84. The van der Waals surface area contributed by atoms with E-state index in [-0.39, 0.29) is 11.5 Å². The molecule has 2 aromatic carbocycles. The van der Waals surface area contributed by atoms with Crippen molar-refractivity contribution in [3.05, 3.63) is 64.7 Å². The summed E-state index contributed by atoms with van der Waals surface area (Å²) < 4.78 is 18.1. The van der Waals surface area contributed by atoms with Crippen molar-refractivity contribution in [2.24, 2.45) is 5.92 Å². The van der Waals surface area contributed by atoms with Crippen molar-refractivity contribution in [2.45, 2.75) is 111 Å². The molecular formula is C33H51NO6Si. The van der Waals surface area contributed by atoms with Crippen LogP contribution in [0.3, 0.4) is 0 Å². The molecule has 228 valence electrons. The third-order valence-corrected chi connectivity index (χ3v) is 12.6. The maximum Gasteiger partial charge on any atom is 0.407 e. The van der Waals surface area contributed by atoms with Gasteiger partial charge in [-0.25, -0.2) is 4.79 Å². The molecule has 2 aromatic rings. The Hall–Kier alpha value is -2.84. The van der Waals surface area contributed by atoms with Crippen molar-refractivity contribution >= 4 is 20.4 Å². The van der Waals surface area contributed by atoms with E-state index in [2.05, 4.69) is 39.2 Å². The lowest BCUT2D eigenvalue weighted by Gasteiger charge is -2.42. The second-order valence-electron chi connectivity index (χ2n) is 13.5. The number of aliphatic carboxylic acids is 1. The number of hydrogen-bond donors (Lipinski definition) is 2. The smallest absolute Gasteiger partial charge is 0.407 e. The number of carboxylic acids is 1. The van der Waals surface area contributed by atoms with Gasteiger partial charge in [-0.1, -0.05) is 57.2 Å². The molecule has 0 fully saturated rings. The first-order valence-corrected chi connectivity index (χ1v) is 17.3. The van der Waals surface area contributed by atoms with Crippen molar-refractivity contribution in [1.29, 1.82) is 0 Å². The highest BCUT2D eigenvalue weighted by Crippen LogP contribution is 2.39. The molecule has 0 bridgehead atoms. The zero-order chi connectivity index (χ0) is 31.2. The van der Waals surface area contributed by atoms with Crippen LogP contribution in [0.5, 0.6) is 5.75 Å². The quantitative estimate of drug-likeness (QED) is 0.251. The van der Waals surface area contributed by atoms with Gasteiger partial charge in [0.15, 0.2) is 8.32 Å². The minimum Gasteiger partial charge on any atom is -0.496 e. The summed E-state index contributed by atoms with van der Waals surface area (Å²) in [6.45, 7) is 20.2. The van der Waals surface area contributed by atoms with E-state index in [0.29, 0.717) is 12.8 Å². The maximum atomic E-state index is 13.1. The molecule has 8 heteroatoms. The fraction of sp³-hybridized carbons (Fsp3) is 0.576. The number of hydrogen-bond acceptors (Lipinski definition) is 5. The molecule has 0 radical (unpaired) electrons. The van der Waals surface area contributed by atoms with E-state index in [0.717, 1.165) is 28.0 Å². The second kappa shape index (κ2) is 13.9. The van der Waals surface area contributed by atoms with Gasteiger partial charge in [-0.05, 0) is 100 Å². The number of carbonyl (C=O) groups is 2. The lowest BCUT2D eigenvalue weighted by atomic mass is 9.87. The van der Waals surface area contributed by atoms with Gasteiger partial charge in [0.25, 0.3) is 0 Å². The number of carboxylic acid groups (broad SMARTS) is 1. The number of alkyl carbamates (subject to hydrolysis) is 1. The number of benzene rings is 2. The molecule has 3 atom stereocenters. The number of methoxy groups -OCH3 is 1. The van der Waals surface area contributed by atoms with Crippen LogP contribution in [0.15, 0.2) is 42.5 Å². The predicted octanol–water partition coefficient (Wildman–Crippen LogP) is 7.47. The van der Waals surface area contributed by atoms with Crippen LogP contribution in [0.2, 0.25) is 18.1 Å². The summed E-state index contributed by atoms with van der Waals surface area (Å²) in [5.41, 5.74) is 3.32. The Labute approximate surface area is 248 Å². The summed E-state index contributed by atoms with van der Waals surface area (Å²) in [6, 6.07) is 13.2. The molecule has 0 saturated carbocycles. The first-order valence-electron chi connectivity index (χ1n) is 14.4. The van der Waals surface area contributed by atoms with Crippen LogP contribution in [0.25, 0.3) is 0 Å². The van der Waals surface area contributed by atoms with Crippen LogP contribution in [0.1, 0.15) is 70.2 Å². The van der Waals surface area contributed by atoms with Crippen molar-refractivity contribution in [2.75, 3.05) is 7.11 Å². The Morgan fingerprint density at radius 2 is 1.54 bits per heavy atom. The highest BCUT2D eigenvalue weighted by atomic mass is 28.4. The van der Waals surface area contributed by atoms with Crippen LogP contribution in [-0.2, 0) is 26.8 Å². The Kier molecular flexibility index (Phi) is 11.6. The summed E-state index contributed by atoms with van der Waals surface area (Å²) >= 11 is 0. The van der Waals surface area contributed by atoms with Gasteiger partial charge in [0, 0.05) is 0 Å². The van der Waals surface area contributed by atoms with Gasteiger partial charge in [0.2, 0.25) is 0 Å². The molecule has 0 aromatic heterocycles. The molecule has 0 aliphatic rings. The molecule has 0 unspecified atom stereocenters. The van der Waals surface area contributed by atoms with E-state index in [1.807, 2.05) is 77.1 Å². The van der Waals surface area contributed by atoms with Crippen LogP contribution < -0.4 is 10.1 Å². The Morgan fingerprint density at radius 3 is 2.05 bits per heavy atom. The van der Waals surface area contributed by atoms with Crippen molar-refractivity contribution in [3.63, 3.8) is 0 Å². The molecule has 0 aliphatic heterocycles. The number of ether oxygens (including phenoxy) is 2. The van der Waals surface area contributed by atoms with E-state index < -0.39 is 44.0 Å². The van der Waals surface area contributed by atoms with Gasteiger partial charge in [-0.2, -0.15) is 0 Å². The molecule has 2 rings (SSSR count). The summed E-state index contributed by atoms with van der Waals surface area (Å²) in [6.07, 6.45) is -0.0416. The highest BCUT2D eigenvalue weighted by molar-refractivity contribution is 6.74. The fourth-order valence-corrected chi connectivity index (χ4v) is 5.93. The lowest BCUT2D eigenvalue weighted by Crippen LogP contribution is -2.54. The van der Waals surface area contributed by atoms with Crippen molar-refractivity contribution in [1.82, 2.24) is 5.32 Å². The maximum absolute atomic E-state index is 13.1. The summed E-state index contributed by atoms with van der Waals surface area (Å²) in [7, 11) is -0.740. The molecule has 0 aliphatic carbocycles. The minimum absolute atomic E-state index is 0.114.